The second-order valence-corrected chi connectivity index (χ2v) is 6.66. The van der Waals surface area contributed by atoms with Crippen LogP contribution in [0.15, 0.2) is 65.5 Å². The summed E-state index contributed by atoms with van der Waals surface area (Å²) >= 11 is 1.55. The quantitative estimate of drug-likeness (QED) is 0.552. The molecule has 3 aromatic rings. The van der Waals surface area contributed by atoms with Crippen LogP contribution in [0.5, 0.6) is 5.75 Å². The number of unbranched alkanes of at least 4 members (excludes halogenated alkanes) is 1. The Hall–Kier alpha value is -2.66. The molecule has 0 aliphatic heterocycles. The number of hydrogen-bond acceptors (Lipinski definition) is 4. The summed E-state index contributed by atoms with van der Waals surface area (Å²) in [5.41, 5.74) is 4.28. The number of amides is 1. The van der Waals surface area contributed by atoms with Gasteiger partial charge in [0, 0.05) is 23.2 Å². The van der Waals surface area contributed by atoms with Crippen LogP contribution in [-0.4, -0.2) is 17.4 Å². The van der Waals surface area contributed by atoms with Crippen LogP contribution in [0.2, 0.25) is 0 Å². The molecule has 0 bridgehead atoms. The number of carbonyl (C=O) groups excluding carboxylic acids is 1. The van der Waals surface area contributed by atoms with Crippen LogP contribution < -0.4 is 9.64 Å². The van der Waals surface area contributed by atoms with E-state index in [0.717, 1.165) is 30.0 Å². The van der Waals surface area contributed by atoms with Crippen molar-refractivity contribution in [2.45, 2.75) is 26.4 Å². The van der Waals surface area contributed by atoms with Gasteiger partial charge in [-0.2, -0.15) is 0 Å². The van der Waals surface area contributed by atoms with Crippen molar-refractivity contribution in [3.05, 3.63) is 76.7 Å². The summed E-state index contributed by atoms with van der Waals surface area (Å²) in [5.74, 6) is 0.741. The second kappa shape index (κ2) is 9.15. The van der Waals surface area contributed by atoms with E-state index >= 15 is 0 Å². The summed E-state index contributed by atoms with van der Waals surface area (Å²) < 4.78 is 5.71. The fourth-order valence-corrected chi connectivity index (χ4v) is 3.13. The number of aromatic nitrogens is 1. The lowest BCUT2D eigenvalue weighted by Gasteiger charge is -2.23. The van der Waals surface area contributed by atoms with Crippen molar-refractivity contribution in [3.63, 3.8) is 0 Å². The molecule has 3 rings (SSSR count). The Bertz CT molecular complexity index is 802. The molecule has 2 aromatic carbocycles. The molecule has 4 nitrogen and oxygen atoms in total. The van der Waals surface area contributed by atoms with Gasteiger partial charge in [0.05, 0.1) is 11.2 Å². The molecule has 0 aliphatic rings. The van der Waals surface area contributed by atoms with Crippen molar-refractivity contribution in [2.75, 3.05) is 11.4 Å². The molecular weight excluding hydrogens is 344 g/mol. The summed E-state index contributed by atoms with van der Waals surface area (Å²) in [7, 11) is 0. The van der Waals surface area contributed by atoms with Crippen molar-refractivity contribution in [1.29, 1.82) is 0 Å². The monoisotopic (exact) mass is 366 g/mol. The van der Waals surface area contributed by atoms with Gasteiger partial charge in [0.2, 0.25) is 0 Å². The molecule has 1 amide bonds. The van der Waals surface area contributed by atoms with Crippen LogP contribution in [0.1, 0.15) is 35.8 Å². The minimum Gasteiger partial charge on any atom is -0.487 e. The number of nitrogens with zero attached hydrogens (tertiary/aromatic N) is 2. The zero-order valence-corrected chi connectivity index (χ0v) is 15.6. The average Bonchev–Trinajstić information content (AvgIpc) is 3.21. The molecule has 1 heterocycles. The molecule has 26 heavy (non-hydrogen) atoms. The Morgan fingerprint density at radius 1 is 1.12 bits per heavy atom. The van der Waals surface area contributed by atoms with Gasteiger partial charge in [0.1, 0.15) is 12.4 Å². The third kappa shape index (κ3) is 4.70. The molecule has 0 atom stereocenters. The molecule has 5 heteroatoms. The molecule has 0 N–H and O–H groups in total. The van der Waals surface area contributed by atoms with E-state index in [-0.39, 0.29) is 5.91 Å². The van der Waals surface area contributed by atoms with Crippen LogP contribution in [-0.2, 0) is 6.61 Å². The van der Waals surface area contributed by atoms with Gasteiger partial charge in [-0.15, -0.1) is 11.3 Å². The van der Waals surface area contributed by atoms with Crippen LogP contribution in [0.4, 0.5) is 5.69 Å². The highest BCUT2D eigenvalue weighted by atomic mass is 32.1. The topological polar surface area (TPSA) is 42.4 Å². The summed E-state index contributed by atoms with van der Waals surface area (Å²) in [6.07, 6.45) is 2.01. The van der Waals surface area contributed by atoms with Crippen LogP contribution in [0.3, 0.4) is 0 Å². The SMILES string of the molecule is CCCCN(C(=O)c1ccc(OCc2cscn2)cc1)c1ccccc1. The number of rotatable bonds is 8. The summed E-state index contributed by atoms with van der Waals surface area (Å²) in [6.45, 7) is 3.27. The van der Waals surface area contributed by atoms with Gasteiger partial charge in [0.15, 0.2) is 0 Å². The Labute approximate surface area is 158 Å². The van der Waals surface area contributed by atoms with E-state index in [4.69, 9.17) is 4.74 Å². The standard InChI is InChI=1S/C21H22N2O2S/c1-2-3-13-23(19-7-5-4-6-8-19)21(24)17-9-11-20(12-10-17)25-14-18-15-26-16-22-18/h4-12,15-16H,2-3,13-14H2,1H3. The molecule has 0 radical (unpaired) electrons. The zero-order valence-electron chi connectivity index (χ0n) is 14.8. The predicted molar refractivity (Wildman–Crippen MR) is 106 cm³/mol. The zero-order chi connectivity index (χ0) is 18.2. The number of ether oxygens (including phenoxy) is 1. The maximum absolute atomic E-state index is 13.0. The maximum atomic E-state index is 13.0. The molecule has 1 aromatic heterocycles. The van der Waals surface area contributed by atoms with Crippen molar-refractivity contribution >= 4 is 22.9 Å². The van der Waals surface area contributed by atoms with E-state index in [1.165, 1.54) is 0 Å². The van der Waals surface area contributed by atoms with E-state index in [0.29, 0.717) is 18.7 Å². The third-order valence-corrected chi connectivity index (χ3v) is 4.66. The van der Waals surface area contributed by atoms with Crippen molar-refractivity contribution in [3.8, 4) is 5.75 Å². The van der Waals surface area contributed by atoms with E-state index in [1.54, 1.807) is 16.8 Å². The highest BCUT2D eigenvalue weighted by Crippen LogP contribution is 2.20. The Morgan fingerprint density at radius 2 is 1.88 bits per heavy atom. The molecule has 0 unspecified atom stereocenters. The predicted octanol–water partition coefficient (Wildman–Crippen LogP) is 5.17. The summed E-state index contributed by atoms with van der Waals surface area (Å²) in [6, 6.07) is 17.1. The van der Waals surface area contributed by atoms with E-state index in [9.17, 15) is 4.79 Å². The number of anilines is 1. The Morgan fingerprint density at radius 3 is 2.54 bits per heavy atom. The third-order valence-electron chi connectivity index (χ3n) is 4.02. The number of para-hydroxylation sites is 1. The van der Waals surface area contributed by atoms with Crippen LogP contribution >= 0.6 is 11.3 Å². The largest absolute Gasteiger partial charge is 0.487 e. The lowest BCUT2D eigenvalue weighted by Crippen LogP contribution is -2.31. The van der Waals surface area contributed by atoms with Gasteiger partial charge in [-0.1, -0.05) is 31.5 Å². The van der Waals surface area contributed by atoms with E-state index in [1.807, 2.05) is 64.9 Å². The van der Waals surface area contributed by atoms with Gasteiger partial charge in [-0.05, 0) is 42.8 Å². The first-order chi connectivity index (χ1) is 12.8. The normalized spacial score (nSPS) is 10.5. The fourth-order valence-electron chi connectivity index (χ4n) is 2.59. The molecular formula is C21H22N2O2S. The molecule has 0 fully saturated rings. The second-order valence-electron chi connectivity index (χ2n) is 5.94. The number of carbonyl (C=O) groups is 1. The Balaban J connectivity index is 1.70. The lowest BCUT2D eigenvalue weighted by molar-refractivity contribution is 0.0986. The Kier molecular flexibility index (Phi) is 6.39. The number of hydrogen-bond donors (Lipinski definition) is 0. The van der Waals surface area contributed by atoms with Crippen LogP contribution in [0, 0.1) is 0 Å². The van der Waals surface area contributed by atoms with E-state index < -0.39 is 0 Å². The van der Waals surface area contributed by atoms with Gasteiger partial charge >= 0.3 is 0 Å². The van der Waals surface area contributed by atoms with Crippen molar-refractivity contribution < 1.29 is 9.53 Å². The van der Waals surface area contributed by atoms with Crippen LogP contribution in [0.25, 0.3) is 0 Å². The first-order valence-corrected chi connectivity index (χ1v) is 9.69. The van der Waals surface area contributed by atoms with Gasteiger partial charge in [-0.3, -0.25) is 4.79 Å². The number of benzene rings is 2. The molecule has 0 aliphatic carbocycles. The molecule has 0 saturated heterocycles. The van der Waals surface area contributed by atoms with E-state index in [2.05, 4.69) is 11.9 Å². The highest BCUT2D eigenvalue weighted by molar-refractivity contribution is 7.07. The molecule has 0 spiro atoms. The molecule has 0 saturated carbocycles. The van der Waals surface area contributed by atoms with Gasteiger partial charge in [0.25, 0.3) is 5.91 Å². The lowest BCUT2D eigenvalue weighted by atomic mass is 10.1. The minimum absolute atomic E-state index is 0.00991. The fraction of sp³-hybridized carbons (Fsp3) is 0.238. The first-order valence-electron chi connectivity index (χ1n) is 8.74. The van der Waals surface area contributed by atoms with Gasteiger partial charge in [-0.25, -0.2) is 4.98 Å². The average molecular weight is 366 g/mol. The summed E-state index contributed by atoms with van der Waals surface area (Å²) in [5, 5.41) is 1.96. The minimum atomic E-state index is 0.00991. The highest BCUT2D eigenvalue weighted by Gasteiger charge is 2.17. The molecule has 134 valence electrons. The number of thiazole rings is 1. The van der Waals surface area contributed by atoms with Crippen molar-refractivity contribution in [2.24, 2.45) is 0 Å². The van der Waals surface area contributed by atoms with Gasteiger partial charge < -0.3 is 9.64 Å². The van der Waals surface area contributed by atoms with Crippen molar-refractivity contribution in [1.82, 2.24) is 4.98 Å². The first kappa shape index (κ1) is 18.1. The summed E-state index contributed by atoms with van der Waals surface area (Å²) in [4.78, 5) is 19.0. The smallest absolute Gasteiger partial charge is 0.258 e. The maximum Gasteiger partial charge on any atom is 0.258 e.